The van der Waals surface area contributed by atoms with Crippen LogP contribution in [0.3, 0.4) is 0 Å². The molecule has 0 N–H and O–H groups in total. The van der Waals surface area contributed by atoms with Crippen LogP contribution in [0.15, 0.2) is 0 Å². The van der Waals surface area contributed by atoms with Crippen molar-refractivity contribution in [1.29, 1.82) is 0 Å². The van der Waals surface area contributed by atoms with Crippen LogP contribution in [-0.4, -0.2) is 41.8 Å². The molecule has 0 aliphatic carbocycles. The summed E-state index contributed by atoms with van der Waals surface area (Å²) in [4.78, 5) is 13.5. The molecule has 15 heavy (non-hydrogen) atoms. The fourth-order valence-electron chi connectivity index (χ4n) is 1.91. The predicted molar refractivity (Wildman–Crippen MR) is 67.4 cm³/mol. The molecule has 2 nitrogen and oxygen atoms in total. The standard InChI is InChI=1S/C12H23NOS/c1-4-11-8-13(6-7-15-11)9-12(3,5-2)10-14/h10-11H,4-9H2,1-3H3. The summed E-state index contributed by atoms with van der Waals surface area (Å²) >= 11 is 2.08. The van der Waals surface area contributed by atoms with Crippen LogP contribution in [0, 0.1) is 5.41 Å². The number of aldehydes is 1. The third-order valence-electron chi connectivity index (χ3n) is 3.36. The van der Waals surface area contributed by atoms with E-state index in [1.165, 1.54) is 12.2 Å². The maximum absolute atomic E-state index is 11.1. The van der Waals surface area contributed by atoms with Crippen molar-refractivity contribution in [1.82, 2.24) is 4.90 Å². The van der Waals surface area contributed by atoms with Crippen molar-refractivity contribution in [3.63, 3.8) is 0 Å². The van der Waals surface area contributed by atoms with E-state index in [1.807, 2.05) is 0 Å². The van der Waals surface area contributed by atoms with Crippen molar-refractivity contribution in [3.8, 4) is 0 Å². The lowest BCUT2D eigenvalue weighted by Gasteiger charge is -2.36. The molecule has 0 amide bonds. The lowest BCUT2D eigenvalue weighted by Crippen LogP contribution is -2.44. The Balaban J connectivity index is 2.46. The van der Waals surface area contributed by atoms with Gasteiger partial charge in [-0.1, -0.05) is 20.8 Å². The molecule has 0 radical (unpaired) electrons. The lowest BCUT2D eigenvalue weighted by molar-refractivity contribution is -0.116. The van der Waals surface area contributed by atoms with E-state index in [2.05, 4.69) is 37.4 Å². The zero-order valence-corrected chi connectivity index (χ0v) is 11.0. The first-order valence-electron chi connectivity index (χ1n) is 5.94. The zero-order valence-electron chi connectivity index (χ0n) is 10.2. The van der Waals surface area contributed by atoms with Gasteiger partial charge in [-0.05, 0) is 12.8 Å². The number of rotatable bonds is 5. The van der Waals surface area contributed by atoms with Gasteiger partial charge in [0.15, 0.2) is 0 Å². The van der Waals surface area contributed by atoms with Gasteiger partial charge in [0, 0.05) is 36.1 Å². The second-order valence-electron chi connectivity index (χ2n) is 4.76. The number of nitrogens with zero attached hydrogens (tertiary/aromatic N) is 1. The molecule has 0 aromatic heterocycles. The number of hydrogen-bond donors (Lipinski definition) is 0. The maximum Gasteiger partial charge on any atom is 0.127 e. The zero-order chi connectivity index (χ0) is 11.3. The number of carbonyl (C=O) groups is 1. The lowest BCUT2D eigenvalue weighted by atomic mass is 9.89. The van der Waals surface area contributed by atoms with E-state index in [9.17, 15) is 4.79 Å². The Morgan fingerprint density at radius 1 is 1.53 bits per heavy atom. The summed E-state index contributed by atoms with van der Waals surface area (Å²) in [6.07, 6.45) is 3.32. The van der Waals surface area contributed by atoms with E-state index < -0.39 is 0 Å². The Kier molecular flexibility index (Phi) is 5.13. The first-order chi connectivity index (χ1) is 7.13. The number of carbonyl (C=O) groups excluding carboxylic acids is 1. The van der Waals surface area contributed by atoms with E-state index in [1.54, 1.807) is 0 Å². The van der Waals surface area contributed by atoms with Crippen LogP contribution < -0.4 is 0 Å². The van der Waals surface area contributed by atoms with Crippen molar-refractivity contribution in [2.24, 2.45) is 5.41 Å². The molecule has 2 atom stereocenters. The van der Waals surface area contributed by atoms with Gasteiger partial charge in [-0.3, -0.25) is 0 Å². The molecule has 1 saturated heterocycles. The fraction of sp³-hybridized carbons (Fsp3) is 0.917. The van der Waals surface area contributed by atoms with E-state index in [0.29, 0.717) is 0 Å². The molecular weight excluding hydrogens is 206 g/mol. The van der Waals surface area contributed by atoms with Gasteiger partial charge < -0.3 is 9.69 Å². The highest BCUT2D eigenvalue weighted by Crippen LogP contribution is 2.25. The average molecular weight is 229 g/mol. The summed E-state index contributed by atoms with van der Waals surface area (Å²) < 4.78 is 0. The van der Waals surface area contributed by atoms with Crippen molar-refractivity contribution < 1.29 is 4.79 Å². The predicted octanol–water partition coefficient (Wildman–Crippen LogP) is 2.43. The number of thioether (sulfide) groups is 1. The molecule has 1 rings (SSSR count). The Labute approximate surface area is 97.8 Å². The molecule has 0 spiro atoms. The SMILES string of the molecule is CCC1CN(CC(C)(C=O)CC)CCS1. The first-order valence-corrected chi connectivity index (χ1v) is 6.98. The van der Waals surface area contributed by atoms with Crippen molar-refractivity contribution >= 4 is 18.0 Å². The molecule has 0 saturated carbocycles. The summed E-state index contributed by atoms with van der Waals surface area (Å²) in [6, 6.07) is 0. The molecule has 2 unspecified atom stereocenters. The van der Waals surface area contributed by atoms with Gasteiger partial charge in [-0.15, -0.1) is 0 Å². The second kappa shape index (κ2) is 5.90. The van der Waals surface area contributed by atoms with Gasteiger partial charge in [0.05, 0.1) is 0 Å². The fourth-order valence-corrected chi connectivity index (χ4v) is 3.16. The summed E-state index contributed by atoms with van der Waals surface area (Å²) in [7, 11) is 0. The highest BCUT2D eigenvalue weighted by molar-refractivity contribution is 8.00. The Morgan fingerprint density at radius 3 is 2.80 bits per heavy atom. The molecule has 0 aromatic carbocycles. The average Bonchev–Trinajstić information content (AvgIpc) is 2.29. The van der Waals surface area contributed by atoms with Crippen molar-refractivity contribution in [3.05, 3.63) is 0 Å². The Hall–Kier alpha value is -0.0200. The van der Waals surface area contributed by atoms with Crippen LogP contribution in [0.25, 0.3) is 0 Å². The normalized spacial score (nSPS) is 27.3. The third-order valence-corrected chi connectivity index (χ3v) is 4.73. The molecule has 0 aromatic rings. The molecule has 1 heterocycles. The van der Waals surface area contributed by atoms with E-state index in [0.717, 1.165) is 37.6 Å². The van der Waals surface area contributed by atoms with Crippen LogP contribution >= 0.6 is 11.8 Å². The molecule has 1 aliphatic heterocycles. The van der Waals surface area contributed by atoms with Gasteiger partial charge in [0.2, 0.25) is 0 Å². The monoisotopic (exact) mass is 229 g/mol. The highest BCUT2D eigenvalue weighted by Gasteiger charge is 2.27. The van der Waals surface area contributed by atoms with Gasteiger partial charge in [0.1, 0.15) is 6.29 Å². The molecule has 1 aliphatic rings. The third kappa shape index (κ3) is 3.80. The summed E-state index contributed by atoms with van der Waals surface area (Å²) in [5.41, 5.74) is -0.139. The Bertz CT molecular complexity index is 210. The minimum atomic E-state index is -0.139. The van der Waals surface area contributed by atoms with Crippen LogP contribution in [-0.2, 0) is 4.79 Å². The molecular formula is C12H23NOS. The van der Waals surface area contributed by atoms with Crippen LogP contribution in [0.5, 0.6) is 0 Å². The van der Waals surface area contributed by atoms with E-state index in [-0.39, 0.29) is 5.41 Å². The topological polar surface area (TPSA) is 20.3 Å². The van der Waals surface area contributed by atoms with Gasteiger partial charge in [-0.25, -0.2) is 0 Å². The van der Waals surface area contributed by atoms with Crippen LogP contribution in [0.1, 0.15) is 33.6 Å². The molecule has 3 heteroatoms. The van der Waals surface area contributed by atoms with E-state index in [4.69, 9.17) is 0 Å². The van der Waals surface area contributed by atoms with Gasteiger partial charge in [-0.2, -0.15) is 11.8 Å². The quantitative estimate of drug-likeness (QED) is 0.675. The smallest absolute Gasteiger partial charge is 0.127 e. The minimum Gasteiger partial charge on any atom is -0.303 e. The summed E-state index contributed by atoms with van der Waals surface area (Å²) in [5, 5.41) is 0.770. The maximum atomic E-state index is 11.1. The number of hydrogen-bond acceptors (Lipinski definition) is 3. The molecule has 88 valence electrons. The van der Waals surface area contributed by atoms with Crippen LogP contribution in [0.4, 0.5) is 0 Å². The van der Waals surface area contributed by atoms with E-state index >= 15 is 0 Å². The minimum absolute atomic E-state index is 0.139. The van der Waals surface area contributed by atoms with Crippen molar-refractivity contribution in [2.45, 2.75) is 38.9 Å². The summed E-state index contributed by atoms with van der Waals surface area (Å²) in [5.74, 6) is 1.22. The van der Waals surface area contributed by atoms with Crippen LogP contribution in [0.2, 0.25) is 0 Å². The molecule has 1 fully saturated rings. The molecule has 0 bridgehead atoms. The van der Waals surface area contributed by atoms with Gasteiger partial charge >= 0.3 is 0 Å². The summed E-state index contributed by atoms with van der Waals surface area (Å²) in [6.45, 7) is 9.66. The first kappa shape index (κ1) is 13.0. The van der Waals surface area contributed by atoms with Crippen molar-refractivity contribution in [2.75, 3.05) is 25.4 Å². The Morgan fingerprint density at radius 2 is 2.27 bits per heavy atom. The highest BCUT2D eigenvalue weighted by atomic mass is 32.2. The van der Waals surface area contributed by atoms with Gasteiger partial charge in [0.25, 0.3) is 0 Å². The largest absolute Gasteiger partial charge is 0.303 e. The second-order valence-corrected chi connectivity index (χ2v) is 6.17.